The summed E-state index contributed by atoms with van der Waals surface area (Å²) in [6.07, 6.45) is 7.91. The second kappa shape index (κ2) is 5.59. The van der Waals surface area contributed by atoms with Crippen LogP contribution in [0.15, 0.2) is 21.8 Å². The second-order valence-electron chi connectivity index (χ2n) is 4.18. The molecule has 0 aromatic carbocycles. The number of nitrogens with one attached hydrogen (secondary N) is 1. The summed E-state index contributed by atoms with van der Waals surface area (Å²) in [5.74, 6) is 0. The predicted molar refractivity (Wildman–Crippen MR) is 66.5 cm³/mol. The fraction of sp³-hybridized carbons (Fsp3) is 0.636. The van der Waals surface area contributed by atoms with Crippen molar-refractivity contribution < 1.29 is 0 Å². The van der Waals surface area contributed by atoms with E-state index in [1.807, 2.05) is 0 Å². The highest BCUT2D eigenvalue weighted by atomic mass is 79.9. The van der Waals surface area contributed by atoms with Crippen LogP contribution in [-0.2, 0) is 6.54 Å². The first kappa shape index (κ1) is 11.8. The monoisotopic (exact) mass is 285 g/mol. The van der Waals surface area contributed by atoms with Crippen LogP contribution in [0, 0.1) is 0 Å². The fourth-order valence-electron chi connectivity index (χ4n) is 1.58. The minimum Gasteiger partial charge on any atom is -0.314 e. The first-order valence-corrected chi connectivity index (χ1v) is 6.50. The third kappa shape index (κ3) is 3.42. The number of hydrogen-bond acceptors (Lipinski definition) is 3. The van der Waals surface area contributed by atoms with Crippen LogP contribution in [0.5, 0.6) is 0 Å². The Hall–Kier alpha value is -0.680. The van der Waals surface area contributed by atoms with E-state index in [1.165, 1.54) is 19.0 Å². The largest absolute Gasteiger partial charge is 0.314 e. The lowest BCUT2D eigenvalue weighted by Crippen LogP contribution is -2.22. The Labute approximate surface area is 103 Å². The molecule has 1 aliphatic carbocycles. The van der Waals surface area contributed by atoms with Crippen molar-refractivity contribution in [3.8, 4) is 0 Å². The summed E-state index contributed by atoms with van der Waals surface area (Å²) in [5, 5.41) is 3.46. The molecule has 5 heteroatoms. The van der Waals surface area contributed by atoms with Gasteiger partial charge in [0.1, 0.15) is 4.47 Å². The Bertz CT molecular complexity index is 400. The third-order valence-corrected chi connectivity index (χ3v) is 3.24. The quantitative estimate of drug-likeness (QED) is 0.807. The maximum atomic E-state index is 11.6. The van der Waals surface area contributed by atoms with Crippen molar-refractivity contribution in [3.05, 3.63) is 27.4 Å². The second-order valence-corrected chi connectivity index (χ2v) is 5.03. The van der Waals surface area contributed by atoms with Crippen LogP contribution in [0.1, 0.15) is 25.7 Å². The van der Waals surface area contributed by atoms with Gasteiger partial charge in [0, 0.05) is 18.8 Å². The number of aryl methyl sites for hydroxylation is 1. The zero-order valence-corrected chi connectivity index (χ0v) is 10.7. The Morgan fingerprint density at radius 2 is 2.31 bits per heavy atom. The molecule has 1 fully saturated rings. The van der Waals surface area contributed by atoms with Gasteiger partial charge in [-0.25, -0.2) is 4.98 Å². The van der Waals surface area contributed by atoms with Gasteiger partial charge in [0.2, 0.25) is 0 Å². The van der Waals surface area contributed by atoms with Gasteiger partial charge in [0.15, 0.2) is 0 Å². The molecule has 1 aliphatic rings. The van der Waals surface area contributed by atoms with Crippen molar-refractivity contribution in [1.29, 1.82) is 0 Å². The summed E-state index contributed by atoms with van der Waals surface area (Å²) in [6, 6.07) is 0.773. The van der Waals surface area contributed by atoms with Crippen LogP contribution in [0.2, 0.25) is 0 Å². The van der Waals surface area contributed by atoms with Crippen molar-refractivity contribution in [2.24, 2.45) is 0 Å². The molecule has 16 heavy (non-hydrogen) atoms. The highest BCUT2D eigenvalue weighted by Crippen LogP contribution is 2.18. The smallest absolute Gasteiger partial charge is 0.267 e. The first-order chi connectivity index (χ1) is 7.77. The van der Waals surface area contributed by atoms with Crippen molar-refractivity contribution in [2.75, 3.05) is 6.54 Å². The molecule has 0 unspecified atom stereocenters. The lowest BCUT2D eigenvalue weighted by Gasteiger charge is -2.05. The minimum absolute atomic E-state index is 0.00477. The molecule has 0 atom stereocenters. The van der Waals surface area contributed by atoms with Crippen molar-refractivity contribution in [1.82, 2.24) is 14.9 Å². The SMILES string of the molecule is O=c1c(Br)cncn1CCCCNC1CC1. The Balaban J connectivity index is 1.71. The molecule has 4 nitrogen and oxygen atoms in total. The Morgan fingerprint density at radius 3 is 3.06 bits per heavy atom. The van der Waals surface area contributed by atoms with Gasteiger partial charge in [-0.2, -0.15) is 0 Å². The molecule has 0 spiro atoms. The lowest BCUT2D eigenvalue weighted by atomic mass is 10.3. The summed E-state index contributed by atoms with van der Waals surface area (Å²) in [6.45, 7) is 1.80. The number of nitrogens with zero attached hydrogens (tertiary/aromatic N) is 2. The molecular formula is C11H16BrN3O. The number of halogens is 1. The van der Waals surface area contributed by atoms with Gasteiger partial charge in [-0.05, 0) is 48.2 Å². The van der Waals surface area contributed by atoms with Gasteiger partial charge >= 0.3 is 0 Å². The molecule has 0 amide bonds. The van der Waals surface area contributed by atoms with E-state index in [-0.39, 0.29) is 5.56 Å². The van der Waals surface area contributed by atoms with Crippen LogP contribution in [0.3, 0.4) is 0 Å². The van der Waals surface area contributed by atoms with E-state index in [2.05, 4.69) is 26.2 Å². The minimum atomic E-state index is 0.00477. The van der Waals surface area contributed by atoms with Crippen molar-refractivity contribution in [3.63, 3.8) is 0 Å². The number of rotatable bonds is 6. The summed E-state index contributed by atoms with van der Waals surface area (Å²) >= 11 is 3.19. The van der Waals surface area contributed by atoms with E-state index in [4.69, 9.17) is 0 Å². The Morgan fingerprint density at radius 1 is 1.50 bits per heavy atom. The van der Waals surface area contributed by atoms with E-state index in [0.29, 0.717) is 4.47 Å². The number of unbranched alkanes of at least 4 members (excludes halogenated alkanes) is 1. The normalized spacial score (nSPS) is 15.3. The van der Waals surface area contributed by atoms with Gasteiger partial charge in [-0.15, -0.1) is 0 Å². The van der Waals surface area contributed by atoms with Crippen molar-refractivity contribution >= 4 is 15.9 Å². The zero-order valence-electron chi connectivity index (χ0n) is 9.16. The molecule has 1 N–H and O–H groups in total. The van der Waals surface area contributed by atoms with E-state index in [9.17, 15) is 4.79 Å². The fourth-order valence-corrected chi connectivity index (χ4v) is 1.93. The van der Waals surface area contributed by atoms with E-state index in [1.54, 1.807) is 10.9 Å². The molecule has 0 aliphatic heterocycles. The molecule has 2 rings (SSSR count). The highest BCUT2D eigenvalue weighted by molar-refractivity contribution is 9.10. The maximum Gasteiger partial charge on any atom is 0.267 e. The average molecular weight is 286 g/mol. The lowest BCUT2D eigenvalue weighted by molar-refractivity contribution is 0.552. The standard InChI is InChI=1S/C11H16BrN3O/c12-10-7-13-8-15(11(10)16)6-2-1-5-14-9-3-4-9/h7-9,14H,1-6H2. The van der Waals surface area contributed by atoms with Crippen LogP contribution in [0.4, 0.5) is 0 Å². The van der Waals surface area contributed by atoms with E-state index < -0.39 is 0 Å². The van der Waals surface area contributed by atoms with E-state index >= 15 is 0 Å². The van der Waals surface area contributed by atoms with Gasteiger partial charge in [0.05, 0.1) is 6.33 Å². The van der Waals surface area contributed by atoms with Crippen LogP contribution >= 0.6 is 15.9 Å². The zero-order chi connectivity index (χ0) is 11.4. The summed E-state index contributed by atoms with van der Waals surface area (Å²) < 4.78 is 2.19. The maximum absolute atomic E-state index is 11.6. The number of aromatic nitrogens is 2. The molecule has 1 heterocycles. The van der Waals surface area contributed by atoms with Gasteiger partial charge < -0.3 is 5.32 Å². The molecule has 1 aromatic heterocycles. The summed E-state index contributed by atoms with van der Waals surface area (Å²) in [7, 11) is 0. The molecule has 0 saturated heterocycles. The topological polar surface area (TPSA) is 46.9 Å². The number of hydrogen-bond donors (Lipinski definition) is 1. The molecule has 1 saturated carbocycles. The van der Waals surface area contributed by atoms with Crippen LogP contribution in [0.25, 0.3) is 0 Å². The summed E-state index contributed by atoms with van der Waals surface area (Å²) in [5.41, 5.74) is 0.00477. The molecule has 88 valence electrons. The average Bonchev–Trinajstić information content (AvgIpc) is 3.07. The van der Waals surface area contributed by atoms with Crippen molar-refractivity contribution in [2.45, 2.75) is 38.3 Å². The van der Waals surface area contributed by atoms with Crippen LogP contribution < -0.4 is 10.9 Å². The summed E-state index contributed by atoms with van der Waals surface area (Å²) in [4.78, 5) is 15.6. The molecule has 0 bridgehead atoms. The van der Waals surface area contributed by atoms with Gasteiger partial charge in [0.25, 0.3) is 5.56 Å². The highest BCUT2D eigenvalue weighted by Gasteiger charge is 2.19. The molecular weight excluding hydrogens is 270 g/mol. The van der Waals surface area contributed by atoms with E-state index in [0.717, 1.165) is 32.0 Å². The molecule has 0 radical (unpaired) electrons. The Kier molecular flexibility index (Phi) is 4.12. The van der Waals surface area contributed by atoms with Crippen LogP contribution in [-0.4, -0.2) is 22.1 Å². The molecule has 1 aromatic rings. The van der Waals surface area contributed by atoms with Gasteiger partial charge in [-0.3, -0.25) is 9.36 Å². The third-order valence-electron chi connectivity index (χ3n) is 2.70. The predicted octanol–water partition coefficient (Wildman–Crippen LogP) is 1.54. The first-order valence-electron chi connectivity index (χ1n) is 5.70. The van der Waals surface area contributed by atoms with Gasteiger partial charge in [-0.1, -0.05) is 0 Å².